The highest BCUT2D eigenvalue weighted by molar-refractivity contribution is 5.73. The van der Waals surface area contributed by atoms with Gasteiger partial charge in [0.1, 0.15) is 12.8 Å². The van der Waals surface area contributed by atoms with Gasteiger partial charge in [-0.05, 0) is 12.0 Å². The molecule has 0 radical (unpaired) electrons. The first-order valence-electron chi connectivity index (χ1n) is 4.36. The molecular formula is C10H12N2O3. The van der Waals surface area contributed by atoms with Crippen LogP contribution in [0.15, 0.2) is 24.3 Å². The van der Waals surface area contributed by atoms with E-state index in [2.05, 4.69) is 6.72 Å². The lowest BCUT2D eigenvalue weighted by molar-refractivity contribution is -0.349. The molecule has 0 aliphatic heterocycles. The Labute approximate surface area is 87.0 Å². The van der Waals surface area contributed by atoms with Crippen molar-refractivity contribution in [3.8, 4) is 0 Å². The van der Waals surface area contributed by atoms with E-state index in [9.17, 15) is 10.0 Å². The van der Waals surface area contributed by atoms with Crippen LogP contribution in [0.2, 0.25) is 0 Å². The van der Waals surface area contributed by atoms with Crippen molar-refractivity contribution < 1.29 is 14.6 Å². The van der Waals surface area contributed by atoms with Gasteiger partial charge in [0.05, 0.1) is 0 Å². The van der Waals surface area contributed by atoms with Gasteiger partial charge in [0.2, 0.25) is 5.69 Å². The van der Waals surface area contributed by atoms with Gasteiger partial charge in [0, 0.05) is 12.1 Å². The Bertz CT molecular complexity index is 390. The zero-order valence-electron chi connectivity index (χ0n) is 8.09. The maximum Gasteiger partial charge on any atom is 0.320 e. The van der Waals surface area contributed by atoms with Gasteiger partial charge in [-0.1, -0.05) is 12.1 Å². The zero-order valence-corrected chi connectivity index (χ0v) is 8.09. The van der Waals surface area contributed by atoms with E-state index in [1.165, 1.54) is 0 Å². The zero-order chi connectivity index (χ0) is 11.4. The molecule has 0 aromatic heterocycles. The largest absolute Gasteiger partial charge is 0.619 e. The molecule has 0 heterocycles. The summed E-state index contributed by atoms with van der Waals surface area (Å²) in [6.45, 7) is 3.19. The van der Waals surface area contributed by atoms with Crippen molar-refractivity contribution in [2.75, 3.05) is 0 Å². The molecule has 0 spiro atoms. The van der Waals surface area contributed by atoms with Crippen LogP contribution in [0, 0.1) is 5.21 Å². The molecule has 0 saturated heterocycles. The molecule has 0 unspecified atom stereocenters. The third-order valence-electron chi connectivity index (χ3n) is 1.97. The van der Waals surface area contributed by atoms with Gasteiger partial charge >= 0.3 is 5.97 Å². The molecule has 0 fully saturated rings. The van der Waals surface area contributed by atoms with Crippen LogP contribution < -0.4 is 5.73 Å². The monoisotopic (exact) mass is 208 g/mol. The van der Waals surface area contributed by atoms with Crippen LogP contribution in [-0.4, -0.2) is 28.6 Å². The molecule has 0 aliphatic carbocycles. The topological polar surface area (TPSA) is 89.4 Å². The number of nitrogens with zero attached hydrogens (tertiary/aromatic N) is 1. The minimum Gasteiger partial charge on any atom is -0.619 e. The smallest absolute Gasteiger partial charge is 0.320 e. The van der Waals surface area contributed by atoms with E-state index in [0.717, 1.165) is 0 Å². The second-order valence-electron chi connectivity index (χ2n) is 3.20. The second kappa shape index (κ2) is 4.56. The van der Waals surface area contributed by atoms with Crippen molar-refractivity contribution in [2.45, 2.75) is 12.5 Å². The number of nitrogens with two attached hydrogens (primary N) is 1. The molecule has 3 N–H and O–H groups in total. The summed E-state index contributed by atoms with van der Waals surface area (Å²) < 4.78 is 0.468. The lowest BCUT2D eigenvalue weighted by atomic mass is 10.1. The Kier molecular flexibility index (Phi) is 3.41. The lowest BCUT2D eigenvalue weighted by Gasteiger charge is -2.07. The van der Waals surface area contributed by atoms with Crippen molar-refractivity contribution in [3.05, 3.63) is 35.0 Å². The Balaban J connectivity index is 2.82. The summed E-state index contributed by atoms with van der Waals surface area (Å²) >= 11 is 0. The summed E-state index contributed by atoms with van der Waals surface area (Å²) in [6.07, 6.45) is 0.191. The Morgan fingerprint density at radius 2 is 2.33 bits per heavy atom. The van der Waals surface area contributed by atoms with E-state index in [1.807, 2.05) is 0 Å². The molecule has 5 heteroatoms. The van der Waals surface area contributed by atoms with E-state index < -0.39 is 12.0 Å². The minimum atomic E-state index is -1.06. The molecule has 5 nitrogen and oxygen atoms in total. The highest BCUT2D eigenvalue weighted by Gasteiger charge is 2.12. The first-order valence-corrected chi connectivity index (χ1v) is 4.36. The molecule has 15 heavy (non-hydrogen) atoms. The SMILES string of the molecule is C=[N+]([O-])c1cccc(C[C@@H](N)C(=O)O)c1. The van der Waals surface area contributed by atoms with Gasteiger partial charge < -0.3 is 16.0 Å². The second-order valence-corrected chi connectivity index (χ2v) is 3.20. The summed E-state index contributed by atoms with van der Waals surface area (Å²) in [4.78, 5) is 10.5. The van der Waals surface area contributed by atoms with Crippen molar-refractivity contribution in [3.63, 3.8) is 0 Å². The number of hydrogen-bond acceptors (Lipinski definition) is 3. The molecule has 1 rings (SSSR count). The first kappa shape index (κ1) is 11.2. The average Bonchev–Trinajstić information content (AvgIpc) is 2.18. The summed E-state index contributed by atoms with van der Waals surface area (Å²) in [6, 6.07) is 5.59. The highest BCUT2D eigenvalue weighted by Crippen LogP contribution is 2.13. The fourth-order valence-corrected chi connectivity index (χ4v) is 1.18. The highest BCUT2D eigenvalue weighted by atomic mass is 16.5. The Hall–Kier alpha value is -1.88. The molecule has 1 aromatic carbocycles. The summed E-state index contributed by atoms with van der Waals surface area (Å²) in [5, 5.41) is 19.5. The van der Waals surface area contributed by atoms with Gasteiger partial charge in [-0.25, -0.2) is 0 Å². The van der Waals surface area contributed by atoms with E-state index in [4.69, 9.17) is 10.8 Å². The van der Waals surface area contributed by atoms with Crippen LogP contribution in [-0.2, 0) is 11.2 Å². The van der Waals surface area contributed by atoms with E-state index in [0.29, 0.717) is 16.0 Å². The van der Waals surface area contributed by atoms with Crippen LogP contribution in [0.3, 0.4) is 0 Å². The molecule has 0 bridgehead atoms. The van der Waals surface area contributed by atoms with E-state index >= 15 is 0 Å². The Morgan fingerprint density at radius 1 is 1.67 bits per heavy atom. The van der Waals surface area contributed by atoms with Crippen LogP contribution in [0.1, 0.15) is 5.56 Å². The first-order chi connectivity index (χ1) is 7.00. The molecule has 0 aliphatic rings. The predicted molar refractivity (Wildman–Crippen MR) is 56.2 cm³/mol. The van der Waals surface area contributed by atoms with Gasteiger partial charge in [0.25, 0.3) is 0 Å². The summed E-state index contributed by atoms with van der Waals surface area (Å²) in [5.74, 6) is -1.06. The van der Waals surface area contributed by atoms with Crippen molar-refractivity contribution >= 4 is 18.4 Å². The lowest BCUT2D eigenvalue weighted by Crippen LogP contribution is -2.32. The molecular weight excluding hydrogens is 196 g/mol. The van der Waals surface area contributed by atoms with Crippen LogP contribution in [0.5, 0.6) is 0 Å². The standard InChI is InChI=1S/C10H12N2O3/c1-12(15)8-4-2-3-7(5-8)6-9(11)10(13)14/h2-5,9H,1,6,11H2,(H,13,14)/t9-/m1/s1. The number of aliphatic carboxylic acids is 1. The molecule has 0 amide bonds. The molecule has 0 saturated carbocycles. The van der Waals surface area contributed by atoms with Crippen LogP contribution in [0.4, 0.5) is 5.69 Å². The maximum atomic E-state index is 10.9. The summed E-state index contributed by atoms with van der Waals surface area (Å²) in [5.41, 5.74) is 6.45. The number of carboxylic acids is 1. The minimum absolute atomic E-state index is 0.191. The quantitative estimate of drug-likeness (QED) is 0.326. The number of carbonyl (C=O) groups is 1. The third kappa shape index (κ3) is 3.07. The van der Waals surface area contributed by atoms with Crippen molar-refractivity contribution in [2.24, 2.45) is 5.73 Å². The normalized spacial score (nSPS) is 12.1. The van der Waals surface area contributed by atoms with E-state index in [-0.39, 0.29) is 6.42 Å². The van der Waals surface area contributed by atoms with Crippen LogP contribution >= 0.6 is 0 Å². The fourth-order valence-electron chi connectivity index (χ4n) is 1.18. The average molecular weight is 208 g/mol. The number of benzene rings is 1. The van der Waals surface area contributed by atoms with Gasteiger partial charge in [-0.2, -0.15) is 4.74 Å². The van der Waals surface area contributed by atoms with Crippen molar-refractivity contribution in [1.82, 2.24) is 0 Å². The van der Waals surface area contributed by atoms with E-state index in [1.54, 1.807) is 24.3 Å². The number of carboxylic acid groups (broad SMARTS) is 1. The van der Waals surface area contributed by atoms with Gasteiger partial charge in [-0.3, -0.25) is 4.79 Å². The molecule has 1 atom stereocenters. The molecule has 80 valence electrons. The third-order valence-corrected chi connectivity index (χ3v) is 1.97. The van der Waals surface area contributed by atoms with Crippen molar-refractivity contribution in [1.29, 1.82) is 0 Å². The fraction of sp³-hybridized carbons (Fsp3) is 0.200. The number of hydrogen-bond donors (Lipinski definition) is 2. The molecule has 1 aromatic rings. The van der Waals surface area contributed by atoms with Gasteiger partial charge in [0.15, 0.2) is 0 Å². The summed E-state index contributed by atoms with van der Waals surface area (Å²) in [7, 11) is 0. The predicted octanol–water partition coefficient (Wildman–Crippen LogP) is 0.483. The van der Waals surface area contributed by atoms with Gasteiger partial charge in [-0.15, -0.1) is 0 Å². The maximum absolute atomic E-state index is 10.9. The Morgan fingerprint density at radius 3 is 2.87 bits per heavy atom. The number of rotatable bonds is 4. The van der Waals surface area contributed by atoms with Crippen LogP contribution in [0.25, 0.3) is 0 Å².